The van der Waals surface area contributed by atoms with Gasteiger partial charge in [0.05, 0.1) is 17.6 Å². The van der Waals surface area contributed by atoms with Crippen LogP contribution < -0.4 is 0 Å². The fourth-order valence-electron chi connectivity index (χ4n) is 2.48. The third kappa shape index (κ3) is 2.72. The lowest BCUT2D eigenvalue weighted by Crippen LogP contribution is -2.01. The third-order valence-electron chi connectivity index (χ3n) is 3.57. The number of tetrazole rings is 1. The highest BCUT2D eigenvalue weighted by molar-refractivity contribution is 6.37. The lowest BCUT2D eigenvalue weighted by molar-refractivity contribution is 0.257. The molecule has 4 rings (SSSR count). The summed E-state index contributed by atoms with van der Waals surface area (Å²) < 4.78 is 0. The van der Waals surface area contributed by atoms with Crippen molar-refractivity contribution in [1.29, 1.82) is 0 Å². The molecule has 0 aliphatic carbocycles. The molecule has 116 valence electrons. The van der Waals surface area contributed by atoms with Crippen LogP contribution in [0.1, 0.15) is 5.56 Å². The Bertz CT molecular complexity index is 943. The summed E-state index contributed by atoms with van der Waals surface area (Å²) in [4.78, 5) is 22.9. The minimum Gasteiger partial charge on any atom is -0.255 e. The Hall–Kier alpha value is -3.55. The van der Waals surface area contributed by atoms with E-state index >= 15 is 0 Å². The molecule has 3 heterocycles. The summed E-state index contributed by atoms with van der Waals surface area (Å²) in [5.74, 6) is 0.497. The molecule has 3 aromatic rings. The highest BCUT2D eigenvalue weighted by Crippen LogP contribution is 2.27. The number of carbonyl (C=O) groups excluding carboxylic acids is 1. The van der Waals surface area contributed by atoms with Crippen molar-refractivity contribution in [3.05, 3.63) is 48.2 Å². The molecule has 0 spiro atoms. The van der Waals surface area contributed by atoms with Gasteiger partial charge in [-0.25, -0.2) is 4.79 Å². The van der Waals surface area contributed by atoms with E-state index < -0.39 is 6.03 Å². The first-order chi connectivity index (χ1) is 11.8. The minimum absolute atomic E-state index is 0.445. The van der Waals surface area contributed by atoms with Crippen LogP contribution in [0.3, 0.4) is 0 Å². The van der Waals surface area contributed by atoms with E-state index in [1.54, 1.807) is 6.20 Å². The Morgan fingerprint density at radius 2 is 1.96 bits per heavy atom. The van der Waals surface area contributed by atoms with Crippen LogP contribution >= 0.6 is 0 Å². The molecule has 2 aromatic heterocycles. The molecule has 1 aliphatic rings. The number of nitrogens with one attached hydrogen (secondary N) is 1. The number of hydrogen-bond acceptors (Lipinski definition) is 5. The van der Waals surface area contributed by atoms with E-state index in [2.05, 4.69) is 35.6 Å². The molecular weight excluding hydrogens is 306 g/mol. The number of pyridine rings is 1. The Labute approximate surface area is 136 Å². The van der Waals surface area contributed by atoms with Gasteiger partial charge in [0.25, 0.3) is 0 Å². The van der Waals surface area contributed by atoms with Crippen molar-refractivity contribution in [2.75, 3.05) is 0 Å². The summed E-state index contributed by atoms with van der Waals surface area (Å²) in [5, 5.41) is 14.1. The maximum atomic E-state index is 11.0. The molecule has 8 nitrogen and oxygen atoms in total. The van der Waals surface area contributed by atoms with Crippen molar-refractivity contribution >= 4 is 18.0 Å². The van der Waals surface area contributed by atoms with Gasteiger partial charge in [-0.05, 0) is 22.9 Å². The lowest BCUT2D eigenvalue weighted by Gasteiger charge is -2.06. The zero-order valence-corrected chi connectivity index (χ0v) is 12.4. The van der Waals surface area contributed by atoms with Gasteiger partial charge < -0.3 is 0 Å². The minimum atomic E-state index is -0.445. The normalized spacial score (nSPS) is 13.3. The Kier molecular flexibility index (Phi) is 3.47. The number of aromatic amines is 1. The number of aliphatic imine (C=N–C) groups is 2. The molecule has 24 heavy (non-hydrogen) atoms. The van der Waals surface area contributed by atoms with Crippen molar-refractivity contribution in [1.82, 2.24) is 25.6 Å². The first-order valence-electron chi connectivity index (χ1n) is 7.23. The molecule has 0 bridgehead atoms. The maximum absolute atomic E-state index is 11.0. The molecule has 0 unspecified atom stereocenters. The Morgan fingerprint density at radius 1 is 1.08 bits per heavy atom. The zero-order chi connectivity index (χ0) is 16.4. The first kappa shape index (κ1) is 14.1. The predicted molar refractivity (Wildman–Crippen MR) is 87.9 cm³/mol. The van der Waals surface area contributed by atoms with Gasteiger partial charge in [0.1, 0.15) is 0 Å². The largest absolute Gasteiger partial charge is 0.367 e. The number of rotatable bonds is 4. The highest BCUT2D eigenvalue weighted by atomic mass is 16.2. The predicted octanol–water partition coefficient (Wildman–Crippen LogP) is 2.12. The Balaban J connectivity index is 1.63. The third-order valence-corrected chi connectivity index (χ3v) is 3.57. The zero-order valence-electron chi connectivity index (χ0n) is 12.4. The molecule has 8 heteroatoms. The second kappa shape index (κ2) is 5.92. The van der Waals surface area contributed by atoms with E-state index in [-0.39, 0.29) is 0 Å². The smallest absolute Gasteiger partial charge is 0.255 e. The standard InChI is InChI=1S/C16H11N7O/c24-16-18-9-12(19-16)8-10-3-5-11(6-4-10)14-13(2-1-7-17-14)15-20-22-23-21-15/h1-7,9H,8H2,(H,20,21,22,23). The topological polar surface area (TPSA) is 109 Å². The number of urea groups is 1. The number of carbonyl (C=O) groups is 1. The quantitative estimate of drug-likeness (QED) is 0.792. The van der Waals surface area contributed by atoms with Gasteiger partial charge in [0, 0.05) is 23.7 Å². The van der Waals surface area contributed by atoms with Gasteiger partial charge in [-0.2, -0.15) is 15.2 Å². The average molecular weight is 317 g/mol. The molecule has 0 saturated carbocycles. The number of hydrogen-bond donors (Lipinski definition) is 1. The summed E-state index contributed by atoms with van der Waals surface area (Å²) in [6, 6.07) is 11.2. The van der Waals surface area contributed by atoms with Gasteiger partial charge in [0.2, 0.25) is 5.82 Å². The van der Waals surface area contributed by atoms with Crippen LogP contribution in [-0.4, -0.2) is 43.6 Å². The number of amides is 2. The second-order valence-electron chi connectivity index (χ2n) is 5.15. The summed E-state index contributed by atoms with van der Waals surface area (Å²) in [6.07, 6.45) is 3.79. The van der Waals surface area contributed by atoms with Gasteiger partial charge in [0.15, 0.2) is 0 Å². The first-order valence-corrected chi connectivity index (χ1v) is 7.23. The van der Waals surface area contributed by atoms with Crippen LogP contribution in [0.2, 0.25) is 0 Å². The monoisotopic (exact) mass is 317 g/mol. The number of H-pyrrole nitrogens is 1. The average Bonchev–Trinajstić information content (AvgIpc) is 3.28. The molecule has 0 atom stereocenters. The molecular formula is C16H11N7O. The fraction of sp³-hybridized carbons (Fsp3) is 0.0625. The van der Waals surface area contributed by atoms with Gasteiger partial charge in [-0.15, -0.1) is 10.2 Å². The van der Waals surface area contributed by atoms with E-state index in [0.29, 0.717) is 18.0 Å². The molecule has 0 saturated heterocycles. The molecule has 1 N–H and O–H groups in total. The number of nitrogens with zero attached hydrogens (tertiary/aromatic N) is 6. The van der Waals surface area contributed by atoms with Crippen molar-refractivity contribution in [2.24, 2.45) is 9.98 Å². The Morgan fingerprint density at radius 3 is 2.67 bits per heavy atom. The van der Waals surface area contributed by atoms with E-state index in [1.807, 2.05) is 36.4 Å². The van der Waals surface area contributed by atoms with Crippen molar-refractivity contribution in [2.45, 2.75) is 6.42 Å². The summed E-state index contributed by atoms with van der Waals surface area (Å²) in [6.45, 7) is 0. The van der Waals surface area contributed by atoms with Crippen LogP contribution in [0.4, 0.5) is 4.79 Å². The van der Waals surface area contributed by atoms with Crippen LogP contribution in [0.25, 0.3) is 22.6 Å². The van der Waals surface area contributed by atoms with E-state index in [1.165, 1.54) is 6.21 Å². The highest BCUT2D eigenvalue weighted by Gasteiger charge is 2.13. The van der Waals surface area contributed by atoms with Crippen molar-refractivity contribution in [3.8, 4) is 22.6 Å². The lowest BCUT2D eigenvalue weighted by atomic mass is 10.0. The number of benzene rings is 1. The van der Waals surface area contributed by atoms with E-state index in [0.717, 1.165) is 22.4 Å². The second-order valence-corrected chi connectivity index (χ2v) is 5.15. The van der Waals surface area contributed by atoms with Gasteiger partial charge in [-0.3, -0.25) is 4.98 Å². The van der Waals surface area contributed by atoms with Gasteiger partial charge >= 0.3 is 6.03 Å². The summed E-state index contributed by atoms with van der Waals surface area (Å²) >= 11 is 0. The molecule has 0 fully saturated rings. The van der Waals surface area contributed by atoms with Crippen molar-refractivity contribution in [3.63, 3.8) is 0 Å². The number of aromatic nitrogens is 5. The summed E-state index contributed by atoms with van der Waals surface area (Å²) in [7, 11) is 0. The van der Waals surface area contributed by atoms with E-state index in [4.69, 9.17) is 0 Å². The van der Waals surface area contributed by atoms with Crippen LogP contribution in [0.5, 0.6) is 0 Å². The fourth-order valence-corrected chi connectivity index (χ4v) is 2.48. The summed E-state index contributed by atoms with van der Waals surface area (Å²) in [5.41, 5.74) is 4.23. The van der Waals surface area contributed by atoms with Crippen LogP contribution in [0.15, 0.2) is 52.6 Å². The molecule has 1 aromatic carbocycles. The molecule has 0 radical (unpaired) electrons. The maximum Gasteiger partial charge on any atom is 0.367 e. The molecule has 1 aliphatic heterocycles. The van der Waals surface area contributed by atoms with Crippen LogP contribution in [-0.2, 0) is 6.42 Å². The molecule has 2 amide bonds. The SMILES string of the molecule is O=C1N=CC(Cc2ccc(-c3ncccc3-c3nn[nH]n3)cc2)=N1. The van der Waals surface area contributed by atoms with Crippen molar-refractivity contribution < 1.29 is 4.79 Å². The van der Waals surface area contributed by atoms with Crippen LogP contribution in [0, 0.1) is 0 Å². The van der Waals surface area contributed by atoms with Gasteiger partial charge in [-0.1, -0.05) is 24.3 Å². The van der Waals surface area contributed by atoms with E-state index in [9.17, 15) is 4.79 Å².